The Morgan fingerprint density at radius 1 is 1.21 bits per heavy atom. The average Bonchev–Trinajstić information content (AvgIpc) is 2.91. The summed E-state index contributed by atoms with van der Waals surface area (Å²) >= 11 is 0. The van der Waals surface area contributed by atoms with Crippen molar-refractivity contribution >= 4 is 22.5 Å². The number of urea groups is 1. The Balaban J connectivity index is 1.72. The van der Waals surface area contributed by atoms with Crippen LogP contribution in [0.1, 0.15) is 18.1 Å². The Hall–Kier alpha value is -2.14. The molecular formula is C19H22N2O2S. The van der Waals surface area contributed by atoms with E-state index in [0.29, 0.717) is 5.75 Å². The van der Waals surface area contributed by atoms with Gasteiger partial charge in [0.05, 0.1) is 0 Å². The van der Waals surface area contributed by atoms with E-state index in [-0.39, 0.29) is 12.1 Å². The van der Waals surface area contributed by atoms with Gasteiger partial charge in [0.1, 0.15) is 0 Å². The predicted molar refractivity (Wildman–Crippen MR) is 99.9 cm³/mol. The normalized spacial score (nSPS) is 14.5. The van der Waals surface area contributed by atoms with Crippen molar-refractivity contribution < 1.29 is 9.00 Å². The lowest BCUT2D eigenvalue weighted by molar-refractivity contribution is 0.212. The molecule has 0 aromatic heterocycles. The first-order chi connectivity index (χ1) is 11.5. The van der Waals surface area contributed by atoms with Crippen LogP contribution in [0.25, 0.3) is 11.1 Å². The molecule has 0 spiro atoms. The molecule has 0 saturated heterocycles. The largest absolute Gasteiger partial charge is 0.324 e. The summed E-state index contributed by atoms with van der Waals surface area (Å²) < 4.78 is 11.3. The zero-order valence-corrected chi connectivity index (χ0v) is 15.0. The Kier molecular flexibility index (Phi) is 4.71. The number of hydrogen-bond acceptors (Lipinski definition) is 2. The van der Waals surface area contributed by atoms with Crippen LogP contribution in [0.15, 0.2) is 42.5 Å². The molecule has 3 rings (SSSR count). The first-order valence-electron chi connectivity index (χ1n) is 8.00. The van der Waals surface area contributed by atoms with E-state index in [9.17, 15) is 9.00 Å². The van der Waals surface area contributed by atoms with E-state index >= 15 is 0 Å². The van der Waals surface area contributed by atoms with Crippen molar-refractivity contribution in [2.45, 2.75) is 19.4 Å². The number of nitrogens with zero attached hydrogens (tertiary/aromatic N) is 1. The standard InChI is InChI=1S/C19H22N2O2S/c1-13(12-24(3)23)21(2)19(22)20-16-8-9-18-15(11-16)10-14-6-4-5-7-17(14)18/h4-9,11,13H,10,12H2,1-3H3,(H,20,22)/t13-,24-/m1/s1. The van der Waals surface area contributed by atoms with Gasteiger partial charge in [0.15, 0.2) is 0 Å². The van der Waals surface area contributed by atoms with Crippen molar-refractivity contribution in [1.82, 2.24) is 4.90 Å². The van der Waals surface area contributed by atoms with Gasteiger partial charge in [-0.05, 0) is 47.7 Å². The van der Waals surface area contributed by atoms with Crippen LogP contribution in [-0.2, 0) is 17.2 Å². The van der Waals surface area contributed by atoms with Gasteiger partial charge in [-0.25, -0.2) is 4.79 Å². The first-order valence-corrected chi connectivity index (χ1v) is 9.73. The van der Waals surface area contributed by atoms with E-state index in [0.717, 1.165) is 12.1 Å². The van der Waals surface area contributed by atoms with Crippen molar-refractivity contribution in [3.8, 4) is 11.1 Å². The second kappa shape index (κ2) is 6.77. The summed E-state index contributed by atoms with van der Waals surface area (Å²) in [5.74, 6) is 0.476. The number of fused-ring (bicyclic) bond motifs is 3. The maximum Gasteiger partial charge on any atom is 0.321 e. The van der Waals surface area contributed by atoms with E-state index in [4.69, 9.17) is 0 Å². The van der Waals surface area contributed by atoms with Crippen molar-refractivity contribution in [2.24, 2.45) is 0 Å². The Morgan fingerprint density at radius 3 is 2.67 bits per heavy atom. The fraction of sp³-hybridized carbons (Fsp3) is 0.316. The van der Waals surface area contributed by atoms with Crippen molar-refractivity contribution in [3.63, 3.8) is 0 Å². The molecular weight excluding hydrogens is 320 g/mol. The molecule has 0 aliphatic heterocycles. The van der Waals surface area contributed by atoms with Crippen LogP contribution in [0.3, 0.4) is 0 Å². The molecule has 2 aromatic carbocycles. The molecule has 0 fully saturated rings. The highest BCUT2D eigenvalue weighted by Gasteiger charge is 2.20. The minimum absolute atomic E-state index is 0.0745. The number of rotatable bonds is 4. The van der Waals surface area contributed by atoms with E-state index < -0.39 is 10.8 Å². The van der Waals surface area contributed by atoms with Gasteiger partial charge in [-0.2, -0.15) is 0 Å². The highest BCUT2D eigenvalue weighted by Crippen LogP contribution is 2.37. The fourth-order valence-corrected chi connectivity index (χ4v) is 3.99. The van der Waals surface area contributed by atoms with Gasteiger partial charge in [0, 0.05) is 41.6 Å². The maximum absolute atomic E-state index is 12.4. The molecule has 126 valence electrons. The van der Waals surface area contributed by atoms with Gasteiger partial charge in [0.25, 0.3) is 0 Å². The van der Waals surface area contributed by atoms with E-state index in [2.05, 4.69) is 35.6 Å². The zero-order valence-electron chi connectivity index (χ0n) is 14.2. The third-order valence-electron chi connectivity index (χ3n) is 4.50. The molecule has 0 radical (unpaired) electrons. The van der Waals surface area contributed by atoms with E-state index in [1.165, 1.54) is 22.3 Å². The minimum atomic E-state index is -0.924. The monoisotopic (exact) mass is 342 g/mol. The summed E-state index contributed by atoms with van der Waals surface area (Å²) in [7, 11) is 0.809. The molecule has 4 nitrogen and oxygen atoms in total. The lowest BCUT2D eigenvalue weighted by Gasteiger charge is -2.24. The summed E-state index contributed by atoms with van der Waals surface area (Å²) in [6.45, 7) is 1.90. The minimum Gasteiger partial charge on any atom is -0.324 e. The number of benzene rings is 2. The van der Waals surface area contributed by atoms with Crippen molar-refractivity contribution in [1.29, 1.82) is 0 Å². The van der Waals surface area contributed by atoms with Crippen LogP contribution in [0, 0.1) is 0 Å². The van der Waals surface area contributed by atoms with Crippen LogP contribution in [0.5, 0.6) is 0 Å². The Bertz CT molecular complexity index is 804. The Morgan fingerprint density at radius 2 is 1.92 bits per heavy atom. The molecule has 2 amide bonds. The van der Waals surface area contributed by atoms with Crippen LogP contribution in [0.4, 0.5) is 10.5 Å². The molecule has 24 heavy (non-hydrogen) atoms. The lowest BCUT2D eigenvalue weighted by Crippen LogP contribution is -2.40. The molecule has 2 aromatic rings. The molecule has 5 heteroatoms. The third-order valence-corrected chi connectivity index (χ3v) is 5.45. The second-order valence-electron chi connectivity index (χ2n) is 6.34. The van der Waals surface area contributed by atoms with Gasteiger partial charge in [0.2, 0.25) is 0 Å². The molecule has 0 heterocycles. The quantitative estimate of drug-likeness (QED) is 0.789. The highest BCUT2D eigenvalue weighted by molar-refractivity contribution is 7.84. The molecule has 1 N–H and O–H groups in total. The summed E-state index contributed by atoms with van der Waals surface area (Å²) in [5.41, 5.74) is 5.88. The van der Waals surface area contributed by atoms with Gasteiger partial charge >= 0.3 is 6.03 Å². The fourth-order valence-electron chi connectivity index (χ4n) is 3.09. The molecule has 0 bridgehead atoms. The number of amides is 2. The summed E-state index contributed by atoms with van der Waals surface area (Å²) in [5, 5.41) is 2.94. The average molecular weight is 342 g/mol. The summed E-state index contributed by atoms with van der Waals surface area (Å²) in [4.78, 5) is 14.0. The predicted octanol–water partition coefficient (Wildman–Crippen LogP) is 3.49. The maximum atomic E-state index is 12.4. The Labute approximate surface area is 145 Å². The number of nitrogens with one attached hydrogen (secondary N) is 1. The number of carbonyl (C=O) groups excluding carboxylic acids is 1. The third kappa shape index (κ3) is 3.36. The lowest BCUT2D eigenvalue weighted by atomic mass is 10.1. The van der Waals surface area contributed by atoms with Crippen LogP contribution < -0.4 is 5.32 Å². The van der Waals surface area contributed by atoms with Gasteiger partial charge in [-0.15, -0.1) is 0 Å². The molecule has 0 unspecified atom stereocenters. The molecule has 0 saturated carbocycles. The van der Waals surface area contributed by atoms with E-state index in [1.54, 1.807) is 18.2 Å². The molecule has 1 aliphatic rings. The number of anilines is 1. The van der Waals surface area contributed by atoms with E-state index in [1.807, 2.05) is 19.1 Å². The summed E-state index contributed by atoms with van der Waals surface area (Å²) in [6.07, 6.45) is 2.55. The van der Waals surface area contributed by atoms with Crippen LogP contribution >= 0.6 is 0 Å². The highest BCUT2D eigenvalue weighted by atomic mass is 32.2. The van der Waals surface area contributed by atoms with Gasteiger partial charge in [-0.1, -0.05) is 30.3 Å². The topological polar surface area (TPSA) is 49.4 Å². The van der Waals surface area contributed by atoms with Gasteiger partial charge < -0.3 is 10.2 Å². The SMILES string of the molecule is C[C@H](C[S@@](C)=O)N(C)C(=O)Nc1ccc2c(c1)Cc1ccccc1-2. The first kappa shape index (κ1) is 16.7. The number of hydrogen-bond donors (Lipinski definition) is 1. The molecule has 2 atom stereocenters. The van der Waals surface area contributed by atoms with Gasteiger partial charge in [-0.3, -0.25) is 4.21 Å². The smallest absolute Gasteiger partial charge is 0.321 e. The molecule has 1 aliphatic carbocycles. The number of carbonyl (C=O) groups is 1. The second-order valence-corrected chi connectivity index (χ2v) is 7.82. The summed E-state index contributed by atoms with van der Waals surface area (Å²) in [6, 6.07) is 14.2. The van der Waals surface area contributed by atoms with Crippen LogP contribution in [0.2, 0.25) is 0 Å². The zero-order chi connectivity index (χ0) is 17.3. The van der Waals surface area contributed by atoms with Crippen molar-refractivity contribution in [3.05, 3.63) is 53.6 Å². The van der Waals surface area contributed by atoms with Crippen LogP contribution in [-0.4, -0.2) is 40.2 Å². The van der Waals surface area contributed by atoms with Crippen molar-refractivity contribution in [2.75, 3.05) is 24.4 Å².